The van der Waals surface area contributed by atoms with E-state index in [0.29, 0.717) is 23.8 Å². The minimum absolute atomic E-state index is 0.311. The number of rotatable bonds is 5. The van der Waals surface area contributed by atoms with Crippen molar-refractivity contribution in [2.24, 2.45) is 5.92 Å². The minimum atomic E-state index is -0.917. The van der Waals surface area contributed by atoms with E-state index in [-0.39, 0.29) is 11.8 Å². The van der Waals surface area contributed by atoms with E-state index in [0.717, 1.165) is 5.69 Å². The molecular weight excluding hydrogens is 384 g/mol. The largest absolute Gasteiger partial charge is 0.494 e. The Balaban J connectivity index is 1.51. The van der Waals surface area contributed by atoms with Crippen molar-refractivity contribution in [3.8, 4) is 5.75 Å². The second kappa shape index (κ2) is 7.35. The number of benzene rings is 2. The summed E-state index contributed by atoms with van der Waals surface area (Å²) in [6, 6.07) is 19.3. The standard InChI is InChI=1S/C23H20N2O5/c1-2-28-17-12-10-15(11-13-17)24-22(26)19-20(18-9-6-14-29-18)25(30-21(19)23(24)27)16-7-4-3-5-8-16/h3-14,19-21H,2H2,1H3/t19-,20-,21+/m1/s1. The molecule has 3 heterocycles. The van der Waals surface area contributed by atoms with Crippen molar-refractivity contribution in [3.05, 3.63) is 78.8 Å². The molecule has 3 aromatic rings. The highest BCUT2D eigenvalue weighted by atomic mass is 16.7. The summed E-state index contributed by atoms with van der Waals surface area (Å²) in [5, 5.41) is 1.61. The smallest absolute Gasteiger partial charge is 0.266 e. The van der Waals surface area contributed by atoms with E-state index in [4.69, 9.17) is 14.0 Å². The second-order valence-electron chi connectivity index (χ2n) is 7.11. The van der Waals surface area contributed by atoms with Gasteiger partial charge in [-0.3, -0.25) is 14.4 Å². The predicted molar refractivity (Wildman–Crippen MR) is 109 cm³/mol. The molecule has 2 amide bonds. The minimum Gasteiger partial charge on any atom is -0.494 e. The van der Waals surface area contributed by atoms with Crippen LogP contribution in [0.1, 0.15) is 18.7 Å². The molecule has 30 heavy (non-hydrogen) atoms. The Kier molecular flexibility index (Phi) is 4.52. The molecule has 3 atom stereocenters. The topological polar surface area (TPSA) is 72.2 Å². The van der Waals surface area contributed by atoms with Gasteiger partial charge in [0.05, 0.1) is 24.2 Å². The van der Waals surface area contributed by atoms with E-state index in [9.17, 15) is 9.59 Å². The van der Waals surface area contributed by atoms with Crippen LogP contribution in [0.25, 0.3) is 0 Å². The number of hydroxylamine groups is 1. The van der Waals surface area contributed by atoms with Crippen LogP contribution < -0.4 is 14.7 Å². The number of amides is 2. The zero-order valence-corrected chi connectivity index (χ0v) is 16.3. The van der Waals surface area contributed by atoms with Crippen molar-refractivity contribution in [1.82, 2.24) is 0 Å². The summed E-state index contributed by atoms with van der Waals surface area (Å²) in [5.41, 5.74) is 1.25. The van der Waals surface area contributed by atoms with Crippen LogP contribution in [0.2, 0.25) is 0 Å². The van der Waals surface area contributed by atoms with E-state index in [1.807, 2.05) is 37.3 Å². The summed E-state index contributed by atoms with van der Waals surface area (Å²) >= 11 is 0. The highest BCUT2D eigenvalue weighted by Crippen LogP contribution is 2.47. The van der Waals surface area contributed by atoms with Crippen LogP contribution in [-0.4, -0.2) is 24.5 Å². The van der Waals surface area contributed by atoms with Crippen molar-refractivity contribution in [2.75, 3.05) is 16.6 Å². The molecule has 1 aromatic heterocycles. The highest BCUT2D eigenvalue weighted by molar-refractivity contribution is 6.23. The molecule has 2 fully saturated rings. The summed E-state index contributed by atoms with van der Waals surface area (Å²) in [7, 11) is 0. The van der Waals surface area contributed by atoms with Crippen molar-refractivity contribution in [3.63, 3.8) is 0 Å². The number of nitrogens with zero attached hydrogens (tertiary/aromatic N) is 2. The zero-order chi connectivity index (χ0) is 20.7. The van der Waals surface area contributed by atoms with Gasteiger partial charge in [0.15, 0.2) is 6.10 Å². The molecule has 7 nitrogen and oxygen atoms in total. The Labute approximate surface area is 173 Å². The fourth-order valence-electron chi connectivity index (χ4n) is 4.07. The quantitative estimate of drug-likeness (QED) is 0.604. The lowest BCUT2D eigenvalue weighted by atomic mass is 9.94. The number of fused-ring (bicyclic) bond motifs is 1. The lowest BCUT2D eigenvalue weighted by Crippen LogP contribution is -2.37. The van der Waals surface area contributed by atoms with Crippen molar-refractivity contribution in [2.45, 2.75) is 19.1 Å². The molecule has 2 aliphatic heterocycles. The first-order valence-corrected chi connectivity index (χ1v) is 9.84. The molecule has 7 heteroatoms. The van der Waals surface area contributed by atoms with E-state index in [1.165, 1.54) is 4.90 Å². The van der Waals surface area contributed by atoms with Crippen molar-refractivity contribution >= 4 is 23.2 Å². The Hall–Kier alpha value is -3.58. The molecule has 0 spiro atoms. The summed E-state index contributed by atoms with van der Waals surface area (Å²) in [6.07, 6.45) is 0.636. The van der Waals surface area contributed by atoms with Gasteiger partial charge in [-0.25, -0.2) is 9.96 Å². The van der Waals surface area contributed by atoms with Gasteiger partial charge >= 0.3 is 0 Å². The number of hydrogen-bond donors (Lipinski definition) is 0. The van der Waals surface area contributed by atoms with Crippen LogP contribution in [0.15, 0.2) is 77.4 Å². The van der Waals surface area contributed by atoms with Crippen LogP contribution in [0.5, 0.6) is 5.75 Å². The van der Waals surface area contributed by atoms with Gasteiger partial charge in [0.2, 0.25) is 5.91 Å². The van der Waals surface area contributed by atoms with Crippen LogP contribution in [0.3, 0.4) is 0 Å². The van der Waals surface area contributed by atoms with E-state index < -0.39 is 18.1 Å². The summed E-state index contributed by atoms with van der Waals surface area (Å²) in [5.74, 6) is -0.157. The summed E-state index contributed by atoms with van der Waals surface area (Å²) < 4.78 is 11.1. The number of carbonyl (C=O) groups excluding carboxylic acids is 2. The second-order valence-corrected chi connectivity index (χ2v) is 7.11. The third-order valence-corrected chi connectivity index (χ3v) is 5.37. The fourth-order valence-corrected chi connectivity index (χ4v) is 4.07. The molecule has 2 aromatic carbocycles. The number of imide groups is 1. The van der Waals surface area contributed by atoms with Gasteiger partial charge in [0.1, 0.15) is 23.5 Å². The molecule has 0 bridgehead atoms. The van der Waals surface area contributed by atoms with E-state index in [2.05, 4.69) is 0 Å². The Morgan fingerprint density at radius 1 is 0.900 bits per heavy atom. The number of hydrogen-bond acceptors (Lipinski definition) is 6. The van der Waals surface area contributed by atoms with Gasteiger partial charge in [-0.15, -0.1) is 0 Å². The molecule has 0 unspecified atom stereocenters. The van der Waals surface area contributed by atoms with E-state index >= 15 is 0 Å². The van der Waals surface area contributed by atoms with Crippen molar-refractivity contribution < 1.29 is 23.6 Å². The van der Waals surface area contributed by atoms with Gasteiger partial charge in [-0.1, -0.05) is 18.2 Å². The van der Waals surface area contributed by atoms with Crippen LogP contribution in [0, 0.1) is 5.92 Å². The van der Waals surface area contributed by atoms with Gasteiger partial charge in [-0.05, 0) is 55.5 Å². The van der Waals surface area contributed by atoms with Crippen molar-refractivity contribution in [1.29, 1.82) is 0 Å². The van der Waals surface area contributed by atoms with E-state index in [1.54, 1.807) is 47.7 Å². The number of furan rings is 1. The third kappa shape index (κ3) is 2.86. The van der Waals surface area contributed by atoms with Crippen LogP contribution in [0.4, 0.5) is 11.4 Å². The molecule has 0 saturated carbocycles. The first-order valence-electron chi connectivity index (χ1n) is 9.84. The van der Waals surface area contributed by atoms with Gasteiger partial charge < -0.3 is 9.15 Å². The average molecular weight is 404 g/mol. The summed E-state index contributed by atoms with van der Waals surface area (Å²) in [6.45, 7) is 2.44. The molecule has 2 saturated heterocycles. The Bertz CT molecular complexity index is 1050. The SMILES string of the molecule is CCOc1ccc(N2C(=O)[C@H]3[C@H](ON(c4ccccc4)[C@@H]3c3ccco3)C2=O)cc1. The summed E-state index contributed by atoms with van der Waals surface area (Å²) in [4.78, 5) is 33.8. The molecule has 0 aliphatic carbocycles. The number of carbonyl (C=O) groups is 2. The average Bonchev–Trinajstić information content (AvgIpc) is 3.48. The predicted octanol–water partition coefficient (Wildman–Crippen LogP) is 3.73. The molecule has 0 N–H and O–H groups in total. The fraction of sp³-hybridized carbons (Fsp3) is 0.217. The zero-order valence-electron chi connectivity index (χ0n) is 16.3. The molecule has 2 aliphatic rings. The van der Waals surface area contributed by atoms with Crippen LogP contribution >= 0.6 is 0 Å². The lowest BCUT2D eigenvalue weighted by Gasteiger charge is -2.27. The van der Waals surface area contributed by atoms with Gasteiger partial charge in [-0.2, -0.15) is 0 Å². The third-order valence-electron chi connectivity index (χ3n) is 5.37. The highest BCUT2D eigenvalue weighted by Gasteiger charge is 2.61. The number of para-hydroxylation sites is 1. The van der Waals surface area contributed by atoms with Gasteiger partial charge in [0, 0.05) is 0 Å². The maximum Gasteiger partial charge on any atom is 0.266 e. The Morgan fingerprint density at radius 2 is 1.67 bits per heavy atom. The molecule has 0 radical (unpaired) electrons. The first kappa shape index (κ1) is 18.4. The molecule has 5 rings (SSSR count). The number of ether oxygens (including phenoxy) is 1. The number of anilines is 2. The first-order chi connectivity index (χ1) is 14.7. The maximum absolute atomic E-state index is 13.4. The molecular formula is C23H20N2O5. The molecule has 152 valence electrons. The Morgan fingerprint density at radius 3 is 2.33 bits per heavy atom. The lowest BCUT2D eigenvalue weighted by molar-refractivity contribution is -0.126. The maximum atomic E-state index is 13.4. The van der Waals surface area contributed by atoms with Crippen LogP contribution in [-0.2, 0) is 14.4 Å². The monoisotopic (exact) mass is 404 g/mol. The normalized spacial score (nSPS) is 23.2. The van der Waals surface area contributed by atoms with Gasteiger partial charge in [0.25, 0.3) is 5.91 Å².